The van der Waals surface area contributed by atoms with Gasteiger partial charge < -0.3 is 9.67 Å². The summed E-state index contributed by atoms with van der Waals surface area (Å²) < 4.78 is 2.03. The van der Waals surface area contributed by atoms with Gasteiger partial charge in [0.05, 0.1) is 24.0 Å². The molecule has 0 saturated carbocycles. The van der Waals surface area contributed by atoms with Crippen molar-refractivity contribution in [3.63, 3.8) is 0 Å². The van der Waals surface area contributed by atoms with Gasteiger partial charge in [0.1, 0.15) is 11.5 Å². The molecule has 0 saturated heterocycles. The summed E-state index contributed by atoms with van der Waals surface area (Å²) in [4.78, 5) is 35.3. The zero-order chi connectivity index (χ0) is 23.1. The van der Waals surface area contributed by atoms with Crippen LogP contribution in [0.25, 0.3) is 22.8 Å². The quantitative estimate of drug-likeness (QED) is 0.501. The Morgan fingerprint density at radius 3 is 2.76 bits per heavy atom. The van der Waals surface area contributed by atoms with Crippen LogP contribution in [0, 0.1) is 0 Å². The van der Waals surface area contributed by atoms with E-state index in [1.807, 2.05) is 35.0 Å². The molecular formula is C24H20N6O3. The standard InChI is InChI=1S/C24H20N6O3/c1-14(2)29-9-8-25-22(29)19-4-3-5-21(27-19)30-13-16-7-6-15(10-18(16)23(30)31)20-11-17(24(32)33)12-26-28-20/h3-12,14H,13H2,1-2H3,(H,32,33). The maximum Gasteiger partial charge on any atom is 0.337 e. The highest BCUT2D eigenvalue weighted by Crippen LogP contribution is 2.31. The second-order valence-electron chi connectivity index (χ2n) is 8.03. The van der Waals surface area contributed by atoms with Gasteiger partial charge in [-0.05, 0) is 43.7 Å². The summed E-state index contributed by atoms with van der Waals surface area (Å²) in [5.74, 6) is 0.0288. The van der Waals surface area contributed by atoms with Crippen molar-refractivity contribution in [1.29, 1.82) is 0 Å². The molecule has 9 nitrogen and oxygen atoms in total. The minimum Gasteiger partial charge on any atom is -0.478 e. The van der Waals surface area contributed by atoms with E-state index in [2.05, 4.69) is 29.0 Å². The smallest absolute Gasteiger partial charge is 0.337 e. The summed E-state index contributed by atoms with van der Waals surface area (Å²) >= 11 is 0. The first kappa shape index (κ1) is 20.5. The van der Waals surface area contributed by atoms with Gasteiger partial charge in [0.15, 0.2) is 5.82 Å². The third-order valence-electron chi connectivity index (χ3n) is 5.58. The van der Waals surface area contributed by atoms with Gasteiger partial charge in [-0.25, -0.2) is 14.8 Å². The molecule has 3 aromatic heterocycles. The lowest BCUT2D eigenvalue weighted by Gasteiger charge is -2.16. The summed E-state index contributed by atoms with van der Waals surface area (Å²) in [7, 11) is 0. The van der Waals surface area contributed by atoms with E-state index in [4.69, 9.17) is 4.98 Å². The van der Waals surface area contributed by atoms with Gasteiger partial charge >= 0.3 is 5.97 Å². The van der Waals surface area contributed by atoms with Crippen molar-refractivity contribution in [2.75, 3.05) is 4.90 Å². The Labute approximate surface area is 189 Å². The molecule has 1 N–H and O–H groups in total. The number of fused-ring (bicyclic) bond motifs is 1. The summed E-state index contributed by atoms with van der Waals surface area (Å²) in [6.07, 6.45) is 4.84. The fraction of sp³-hybridized carbons (Fsp3) is 0.167. The Kier molecular flexibility index (Phi) is 4.93. The third kappa shape index (κ3) is 3.63. The molecule has 0 bridgehead atoms. The molecule has 9 heteroatoms. The molecule has 4 heterocycles. The molecule has 0 fully saturated rings. The number of nitrogens with zero attached hydrogens (tertiary/aromatic N) is 6. The molecule has 0 spiro atoms. The number of benzene rings is 1. The molecule has 1 aliphatic heterocycles. The highest BCUT2D eigenvalue weighted by Gasteiger charge is 2.30. The molecule has 5 rings (SSSR count). The van der Waals surface area contributed by atoms with Crippen LogP contribution in [0.5, 0.6) is 0 Å². The Bertz CT molecular complexity index is 1390. The van der Waals surface area contributed by atoms with Crippen LogP contribution in [0.3, 0.4) is 0 Å². The molecule has 164 valence electrons. The van der Waals surface area contributed by atoms with Crippen LogP contribution in [0.1, 0.15) is 46.2 Å². The Hall–Kier alpha value is -4.40. The molecule has 0 radical (unpaired) electrons. The number of carboxylic acids is 1. The average Bonchev–Trinajstić information content (AvgIpc) is 3.44. The normalized spacial score (nSPS) is 12.9. The number of carbonyl (C=O) groups excluding carboxylic acids is 1. The number of hydrogen-bond acceptors (Lipinski definition) is 6. The number of pyridine rings is 1. The number of anilines is 1. The van der Waals surface area contributed by atoms with Crippen LogP contribution >= 0.6 is 0 Å². The number of rotatable bonds is 5. The largest absolute Gasteiger partial charge is 0.478 e. The Morgan fingerprint density at radius 1 is 1.12 bits per heavy atom. The average molecular weight is 440 g/mol. The first-order valence-electron chi connectivity index (χ1n) is 10.4. The first-order chi connectivity index (χ1) is 15.9. The van der Waals surface area contributed by atoms with Crippen LogP contribution in [-0.4, -0.2) is 41.7 Å². The monoisotopic (exact) mass is 440 g/mol. The predicted molar refractivity (Wildman–Crippen MR) is 121 cm³/mol. The van der Waals surface area contributed by atoms with E-state index in [0.717, 1.165) is 11.4 Å². The van der Waals surface area contributed by atoms with Crippen LogP contribution < -0.4 is 4.90 Å². The second kappa shape index (κ2) is 7.94. The van der Waals surface area contributed by atoms with Gasteiger partial charge in [-0.3, -0.25) is 9.69 Å². The molecule has 4 aromatic rings. The zero-order valence-corrected chi connectivity index (χ0v) is 18.0. The lowest BCUT2D eigenvalue weighted by molar-refractivity contribution is 0.0696. The molecule has 1 amide bonds. The molecule has 0 atom stereocenters. The van der Waals surface area contributed by atoms with Gasteiger partial charge in [0.25, 0.3) is 5.91 Å². The van der Waals surface area contributed by atoms with Gasteiger partial charge in [0.2, 0.25) is 0 Å². The van der Waals surface area contributed by atoms with Crippen molar-refractivity contribution in [3.8, 4) is 22.8 Å². The highest BCUT2D eigenvalue weighted by atomic mass is 16.4. The van der Waals surface area contributed by atoms with Crippen LogP contribution in [0.15, 0.2) is 61.1 Å². The molecule has 0 aliphatic carbocycles. The van der Waals surface area contributed by atoms with E-state index in [9.17, 15) is 14.7 Å². The van der Waals surface area contributed by atoms with E-state index >= 15 is 0 Å². The summed E-state index contributed by atoms with van der Waals surface area (Å²) in [6, 6.07) is 12.6. The van der Waals surface area contributed by atoms with E-state index in [1.165, 1.54) is 12.3 Å². The van der Waals surface area contributed by atoms with Crippen LogP contribution in [0.4, 0.5) is 5.82 Å². The van der Waals surface area contributed by atoms with E-state index in [-0.39, 0.29) is 17.5 Å². The number of amides is 1. The number of aromatic carboxylic acids is 1. The molecular weight excluding hydrogens is 420 g/mol. The Balaban J connectivity index is 1.47. The molecule has 33 heavy (non-hydrogen) atoms. The maximum atomic E-state index is 13.3. The van der Waals surface area contributed by atoms with Crippen molar-refractivity contribution in [3.05, 3.63) is 77.7 Å². The molecule has 1 aliphatic rings. The Morgan fingerprint density at radius 2 is 1.97 bits per heavy atom. The van der Waals surface area contributed by atoms with Crippen LogP contribution in [-0.2, 0) is 6.54 Å². The van der Waals surface area contributed by atoms with Gasteiger partial charge in [-0.1, -0.05) is 18.2 Å². The van der Waals surface area contributed by atoms with Crippen LogP contribution in [0.2, 0.25) is 0 Å². The maximum absolute atomic E-state index is 13.3. The fourth-order valence-corrected chi connectivity index (χ4v) is 3.90. The molecule has 1 aromatic carbocycles. The van der Waals surface area contributed by atoms with Crippen molar-refractivity contribution in [1.82, 2.24) is 24.7 Å². The van der Waals surface area contributed by atoms with Gasteiger partial charge in [0, 0.05) is 29.6 Å². The first-order valence-corrected chi connectivity index (χ1v) is 10.4. The second-order valence-corrected chi connectivity index (χ2v) is 8.03. The minimum absolute atomic E-state index is 0.0363. The van der Waals surface area contributed by atoms with Crippen molar-refractivity contribution < 1.29 is 14.7 Å². The predicted octanol–water partition coefficient (Wildman–Crippen LogP) is 3.84. The molecule has 0 unspecified atom stereocenters. The minimum atomic E-state index is -1.08. The van der Waals surface area contributed by atoms with Crippen molar-refractivity contribution in [2.24, 2.45) is 0 Å². The number of carboxylic acid groups (broad SMARTS) is 1. The lowest BCUT2D eigenvalue weighted by Crippen LogP contribution is -2.24. The van der Waals surface area contributed by atoms with E-state index in [0.29, 0.717) is 34.9 Å². The van der Waals surface area contributed by atoms with E-state index < -0.39 is 5.97 Å². The lowest BCUT2D eigenvalue weighted by atomic mass is 10.0. The number of aromatic nitrogens is 5. The zero-order valence-electron chi connectivity index (χ0n) is 18.0. The number of imidazole rings is 1. The number of hydrogen-bond donors (Lipinski definition) is 1. The van der Waals surface area contributed by atoms with E-state index in [1.54, 1.807) is 23.2 Å². The number of carbonyl (C=O) groups is 2. The van der Waals surface area contributed by atoms with Gasteiger partial charge in [-0.2, -0.15) is 10.2 Å². The van der Waals surface area contributed by atoms with Crippen molar-refractivity contribution >= 4 is 17.7 Å². The summed E-state index contributed by atoms with van der Waals surface area (Å²) in [5.41, 5.74) is 3.14. The third-order valence-corrected chi connectivity index (χ3v) is 5.58. The topological polar surface area (TPSA) is 114 Å². The summed E-state index contributed by atoms with van der Waals surface area (Å²) in [5, 5.41) is 17.0. The summed E-state index contributed by atoms with van der Waals surface area (Å²) in [6.45, 7) is 4.54. The SMILES string of the molecule is CC(C)n1ccnc1-c1cccc(N2Cc3ccc(-c4cc(C(=O)O)cnn4)cc3C2=O)n1. The van der Waals surface area contributed by atoms with Gasteiger partial charge in [-0.15, -0.1) is 0 Å². The fourth-order valence-electron chi connectivity index (χ4n) is 3.90. The van der Waals surface area contributed by atoms with Crippen molar-refractivity contribution in [2.45, 2.75) is 26.4 Å². The highest BCUT2D eigenvalue weighted by molar-refractivity contribution is 6.10.